The fourth-order valence-corrected chi connectivity index (χ4v) is 6.43. The molecule has 0 saturated heterocycles. The summed E-state index contributed by atoms with van der Waals surface area (Å²) in [6, 6.07) is 12.0. The Hall–Kier alpha value is -2.75. The van der Waals surface area contributed by atoms with E-state index in [-0.39, 0.29) is 17.6 Å². The van der Waals surface area contributed by atoms with Crippen molar-refractivity contribution in [2.24, 2.45) is 22.7 Å². The lowest BCUT2D eigenvalue weighted by Gasteiger charge is -2.25. The summed E-state index contributed by atoms with van der Waals surface area (Å²) in [4.78, 5) is 4.67. The normalized spacial score (nSPS) is 24.9. The summed E-state index contributed by atoms with van der Waals surface area (Å²) in [5.74, 6) is 2.41. The molecule has 186 valence electrons. The summed E-state index contributed by atoms with van der Waals surface area (Å²) >= 11 is 0. The van der Waals surface area contributed by atoms with Gasteiger partial charge in [0.05, 0.1) is 0 Å². The molecular weight excluding hydrogens is 434 g/mol. The molecule has 0 amide bonds. The summed E-state index contributed by atoms with van der Waals surface area (Å²) in [6.45, 7) is 5.32. The highest BCUT2D eigenvalue weighted by atomic mass is 16.5. The molecule has 1 heterocycles. The second kappa shape index (κ2) is 10.5. The highest BCUT2D eigenvalue weighted by Gasteiger charge is 2.37. The molecule has 4 heteroatoms. The van der Waals surface area contributed by atoms with Crippen molar-refractivity contribution >= 4 is 5.71 Å². The van der Waals surface area contributed by atoms with Crippen LogP contribution in [0.5, 0.6) is 17.2 Å². The molecule has 2 aromatic carbocycles. The van der Waals surface area contributed by atoms with Gasteiger partial charge in [-0.1, -0.05) is 49.5 Å². The van der Waals surface area contributed by atoms with Crippen LogP contribution in [0.4, 0.5) is 0 Å². The second-order valence-corrected chi connectivity index (χ2v) is 11.0. The molecule has 1 fully saturated rings. The number of benzene rings is 2. The maximum Gasteiger partial charge on any atom is 0.157 e. The zero-order chi connectivity index (χ0) is 24.4. The minimum absolute atomic E-state index is 0.0350. The summed E-state index contributed by atoms with van der Waals surface area (Å²) in [6.07, 6.45) is 12.7. The number of hydrogen-bond donors (Lipinski definition) is 2. The minimum atomic E-state index is -0.0856. The molecule has 1 aliphatic heterocycles. The maximum atomic E-state index is 10.2. The molecule has 4 nitrogen and oxygen atoms in total. The largest absolute Gasteiger partial charge is 0.504 e. The third kappa shape index (κ3) is 5.58. The molecule has 2 aromatic rings. The molecule has 0 aromatic heterocycles. The monoisotopic (exact) mass is 473 g/mol. The van der Waals surface area contributed by atoms with E-state index >= 15 is 0 Å². The van der Waals surface area contributed by atoms with E-state index in [1.54, 1.807) is 12.1 Å². The standard InChI is InChI=1S/C31H39NO3/c1-20-6-5-13-32-21(2)14-24(20)15-23-9-11-27(12-10-23)35-31-26(16-22-7-3-4-8-22)17-25-18-29(33)30(34)19-28(25)31/h6,9-12,18-19,22,24,26,31,33-34H,3-5,7-8,13-17H2,1-2H3. The number of nitrogens with zero attached hydrogens (tertiary/aromatic N) is 1. The van der Waals surface area contributed by atoms with Gasteiger partial charge in [-0.25, -0.2) is 0 Å². The molecule has 3 unspecified atom stereocenters. The molecule has 0 spiro atoms. The van der Waals surface area contributed by atoms with Crippen LogP contribution in [0.3, 0.4) is 0 Å². The molecule has 3 atom stereocenters. The predicted octanol–water partition coefficient (Wildman–Crippen LogP) is 7.33. The van der Waals surface area contributed by atoms with Crippen LogP contribution in [0.25, 0.3) is 0 Å². The van der Waals surface area contributed by atoms with Crippen molar-refractivity contribution < 1.29 is 14.9 Å². The van der Waals surface area contributed by atoms with E-state index in [1.165, 1.54) is 42.5 Å². The average Bonchev–Trinajstić information content (AvgIpc) is 3.45. The molecular formula is C31H39NO3. The minimum Gasteiger partial charge on any atom is -0.504 e. The Kier molecular flexibility index (Phi) is 7.17. The van der Waals surface area contributed by atoms with Crippen LogP contribution in [0, 0.1) is 17.8 Å². The SMILES string of the molecule is CC1=CCCN=C(C)CC1Cc1ccc(OC2c3cc(O)c(O)cc3CC2CC2CCCC2)cc1. The van der Waals surface area contributed by atoms with Gasteiger partial charge in [0, 0.05) is 18.2 Å². The molecule has 2 aliphatic carbocycles. The van der Waals surface area contributed by atoms with E-state index in [2.05, 4.69) is 49.2 Å². The van der Waals surface area contributed by atoms with Gasteiger partial charge in [-0.15, -0.1) is 0 Å². The molecule has 1 saturated carbocycles. The van der Waals surface area contributed by atoms with Crippen LogP contribution in [0.1, 0.15) is 81.6 Å². The predicted molar refractivity (Wildman–Crippen MR) is 142 cm³/mol. The van der Waals surface area contributed by atoms with Crippen molar-refractivity contribution in [3.05, 3.63) is 64.7 Å². The number of fused-ring (bicyclic) bond motifs is 1. The zero-order valence-electron chi connectivity index (χ0n) is 21.2. The highest BCUT2D eigenvalue weighted by Crippen LogP contribution is 2.47. The first kappa shape index (κ1) is 24.0. The van der Waals surface area contributed by atoms with E-state index in [0.717, 1.165) is 61.4 Å². The van der Waals surface area contributed by atoms with Gasteiger partial charge in [-0.3, -0.25) is 4.99 Å². The summed E-state index contributed by atoms with van der Waals surface area (Å²) in [5, 5.41) is 20.3. The first-order valence-corrected chi connectivity index (χ1v) is 13.4. The number of rotatable bonds is 6. The van der Waals surface area contributed by atoms with Crippen LogP contribution in [-0.2, 0) is 12.8 Å². The fourth-order valence-electron chi connectivity index (χ4n) is 6.43. The van der Waals surface area contributed by atoms with Crippen molar-refractivity contribution in [1.82, 2.24) is 0 Å². The van der Waals surface area contributed by atoms with Gasteiger partial charge in [0.15, 0.2) is 11.5 Å². The van der Waals surface area contributed by atoms with E-state index in [0.29, 0.717) is 11.8 Å². The topological polar surface area (TPSA) is 62.0 Å². The van der Waals surface area contributed by atoms with Crippen molar-refractivity contribution in [3.63, 3.8) is 0 Å². The van der Waals surface area contributed by atoms with Crippen molar-refractivity contribution in [1.29, 1.82) is 0 Å². The lowest BCUT2D eigenvalue weighted by Crippen LogP contribution is -2.17. The summed E-state index contributed by atoms with van der Waals surface area (Å²) < 4.78 is 6.62. The molecule has 35 heavy (non-hydrogen) atoms. The number of ether oxygens (including phenoxy) is 1. The van der Waals surface area contributed by atoms with E-state index in [9.17, 15) is 10.2 Å². The Labute approximate surface area is 209 Å². The van der Waals surface area contributed by atoms with Gasteiger partial charge in [0.1, 0.15) is 11.9 Å². The summed E-state index contributed by atoms with van der Waals surface area (Å²) in [7, 11) is 0. The Balaban J connectivity index is 1.31. The van der Waals surface area contributed by atoms with Gasteiger partial charge < -0.3 is 14.9 Å². The second-order valence-electron chi connectivity index (χ2n) is 11.0. The molecule has 5 rings (SSSR count). The smallest absolute Gasteiger partial charge is 0.157 e. The Morgan fingerprint density at radius 2 is 1.71 bits per heavy atom. The number of phenolic OH excluding ortho intramolecular Hbond substituents is 2. The summed E-state index contributed by atoms with van der Waals surface area (Å²) in [5.41, 5.74) is 6.18. The van der Waals surface area contributed by atoms with Crippen LogP contribution < -0.4 is 4.74 Å². The Bertz CT molecular complexity index is 1090. The third-order valence-electron chi connectivity index (χ3n) is 8.40. The highest BCUT2D eigenvalue weighted by molar-refractivity contribution is 5.82. The quantitative estimate of drug-likeness (QED) is 0.341. The number of phenols is 2. The zero-order valence-corrected chi connectivity index (χ0v) is 21.2. The first-order chi connectivity index (χ1) is 17.0. The van der Waals surface area contributed by atoms with Gasteiger partial charge in [-0.05, 0) is 98.7 Å². The lowest BCUT2D eigenvalue weighted by molar-refractivity contribution is 0.131. The maximum absolute atomic E-state index is 10.2. The van der Waals surface area contributed by atoms with E-state index in [4.69, 9.17) is 4.74 Å². The van der Waals surface area contributed by atoms with Crippen molar-refractivity contribution in [3.8, 4) is 17.2 Å². The van der Waals surface area contributed by atoms with E-state index in [1.807, 2.05) is 0 Å². The lowest BCUT2D eigenvalue weighted by atomic mass is 9.87. The average molecular weight is 474 g/mol. The first-order valence-electron chi connectivity index (χ1n) is 13.4. The molecule has 0 bridgehead atoms. The van der Waals surface area contributed by atoms with Crippen molar-refractivity contribution in [2.75, 3.05) is 6.54 Å². The molecule has 2 N–H and O–H groups in total. The Morgan fingerprint density at radius 1 is 0.971 bits per heavy atom. The molecule has 0 radical (unpaired) electrons. The number of aromatic hydroxyl groups is 2. The number of hydrogen-bond acceptors (Lipinski definition) is 4. The fraction of sp³-hybridized carbons (Fsp3) is 0.516. The Morgan fingerprint density at radius 3 is 2.49 bits per heavy atom. The van der Waals surface area contributed by atoms with Gasteiger partial charge in [0.25, 0.3) is 0 Å². The van der Waals surface area contributed by atoms with Gasteiger partial charge in [-0.2, -0.15) is 0 Å². The number of allylic oxidation sites excluding steroid dienone is 1. The van der Waals surface area contributed by atoms with Crippen LogP contribution >= 0.6 is 0 Å². The van der Waals surface area contributed by atoms with E-state index < -0.39 is 0 Å². The van der Waals surface area contributed by atoms with Gasteiger partial charge in [0.2, 0.25) is 0 Å². The van der Waals surface area contributed by atoms with Crippen LogP contribution in [0.2, 0.25) is 0 Å². The van der Waals surface area contributed by atoms with Crippen LogP contribution in [0.15, 0.2) is 53.0 Å². The van der Waals surface area contributed by atoms with Crippen LogP contribution in [-0.4, -0.2) is 22.5 Å². The molecule has 3 aliphatic rings. The van der Waals surface area contributed by atoms with Gasteiger partial charge >= 0.3 is 0 Å². The third-order valence-corrected chi connectivity index (χ3v) is 8.40. The van der Waals surface area contributed by atoms with Crippen molar-refractivity contribution in [2.45, 2.75) is 77.7 Å². The number of aliphatic imine (C=N–C) groups is 1.